The van der Waals surface area contributed by atoms with Crippen LogP contribution in [-0.2, 0) is 0 Å². The second kappa shape index (κ2) is 7.63. The third-order valence-corrected chi connectivity index (χ3v) is 4.71. The van der Waals surface area contributed by atoms with Gasteiger partial charge < -0.3 is 10.1 Å². The van der Waals surface area contributed by atoms with Crippen LogP contribution in [0.1, 0.15) is 40.7 Å². The summed E-state index contributed by atoms with van der Waals surface area (Å²) in [4.78, 5) is 22.8. The number of hydrogen-bond acceptors (Lipinski definition) is 5. The van der Waals surface area contributed by atoms with Crippen molar-refractivity contribution in [2.24, 2.45) is 0 Å². The lowest BCUT2D eigenvalue weighted by atomic mass is 10.0. The number of aryl methyl sites for hydroxylation is 1. The number of nitrogens with one attached hydrogen (secondary N) is 1. The Kier molecular flexibility index (Phi) is 5.80. The number of halogens is 1. The van der Waals surface area contributed by atoms with Crippen molar-refractivity contribution in [1.29, 1.82) is 0 Å². The van der Waals surface area contributed by atoms with Crippen molar-refractivity contribution < 1.29 is 14.5 Å². The molecule has 2 aromatic rings. The Bertz CT molecular complexity index is 775. The summed E-state index contributed by atoms with van der Waals surface area (Å²) in [6.45, 7) is 6.19. The van der Waals surface area contributed by atoms with Crippen LogP contribution in [0.2, 0.25) is 4.34 Å². The maximum atomic E-state index is 12.3. The molecule has 1 unspecified atom stereocenters. The van der Waals surface area contributed by atoms with Crippen molar-refractivity contribution in [1.82, 2.24) is 5.32 Å². The predicted octanol–water partition coefficient (Wildman–Crippen LogP) is 4.51. The molecule has 1 heterocycles. The maximum absolute atomic E-state index is 12.3. The van der Waals surface area contributed by atoms with Gasteiger partial charge in [0.2, 0.25) is 0 Å². The average Bonchev–Trinajstić information content (AvgIpc) is 2.91. The Morgan fingerprint density at radius 1 is 1.46 bits per heavy atom. The van der Waals surface area contributed by atoms with Crippen LogP contribution >= 0.6 is 22.9 Å². The molecule has 1 aromatic carbocycles. The van der Waals surface area contributed by atoms with E-state index in [0.29, 0.717) is 12.4 Å². The fourth-order valence-corrected chi connectivity index (χ4v) is 3.36. The van der Waals surface area contributed by atoms with Crippen molar-refractivity contribution in [3.05, 3.63) is 54.7 Å². The fraction of sp³-hybridized carbons (Fsp3) is 0.312. The molecule has 2 rings (SSSR count). The highest BCUT2D eigenvalue weighted by molar-refractivity contribution is 7.18. The Morgan fingerprint density at radius 2 is 2.17 bits per heavy atom. The molecule has 1 aromatic heterocycles. The zero-order valence-corrected chi connectivity index (χ0v) is 15.0. The normalized spacial score (nSPS) is 11.8. The first-order valence-electron chi connectivity index (χ1n) is 7.31. The molecule has 0 fully saturated rings. The van der Waals surface area contributed by atoms with Crippen LogP contribution in [-0.4, -0.2) is 17.4 Å². The molecule has 0 saturated carbocycles. The topological polar surface area (TPSA) is 81.5 Å². The van der Waals surface area contributed by atoms with Crippen molar-refractivity contribution >= 4 is 34.5 Å². The number of ether oxygens (including phenoxy) is 1. The lowest BCUT2D eigenvalue weighted by Gasteiger charge is -2.18. The van der Waals surface area contributed by atoms with Gasteiger partial charge in [-0.25, -0.2) is 0 Å². The van der Waals surface area contributed by atoms with Gasteiger partial charge in [-0.15, -0.1) is 11.3 Å². The van der Waals surface area contributed by atoms with E-state index in [4.69, 9.17) is 16.3 Å². The molecule has 0 spiro atoms. The Balaban J connectivity index is 2.21. The molecular weight excluding hydrogens is 352 g/mol. The van der Waals surface area contributed by atoms with Gasteiger partial charge in [0.15, 0.2) is 4.34 Å². The van der Waals surface area contributed by atoms with Crippen LogP contribution in [0.5, 0.6) is 5.75 Å². The highest BCUT2D eigenvalue weighted by Crippen LogP contribution is 2.34. The van der Waals surface area contributed by atoms with E-state index in [1.807, 2.05) is 39.0 Å². The van der Waals surface area contributed by atoms with Gasteiger partial charge in [-0.2, -0.15) is 0 Å². The van der Waals surface area contributed by atoms with Crippen LogP contribution < -0.4 is 10.1 Å². The van der Waals surface area contributed by atoms with Crippen molar-refractivity contribution in [2.75, 3.05) is 6.61 Å². The molecule has 24 heavy (non-hydrogen) atoms. The van der Waals surface area contributed by atoms with Crippen molar-refractivity contribution in [3.63, 3.8) is 0 Å². The minimum Gasteiger partial charge on any atom is -0.494 e. The summed E-state index contributed by atoms with van der Waals surface area (Å²) < 4.78 is 5.59. The Morgan fingerprint density at radius 3 is 2.75 bits per heavy atom. The van der Waals surface area contributed by atoms with E-state index < -0.39 is 10.8 Å². The number of rotatable bonds is 6. The van der Waals surface area contributed by atoms with Gasteiger partial charge in [0.05, 0.1) is 17.6 Å². The molecule has 8 heteroatoms. The standard InChI is InChI=1S/C16H17ClN2O4S/c1-4-23-13-6-5-9(2)7-11(13)10(3)18-16(20)14-8-12(19(21)22)15(17)24-14/h5-8,10H,4H2,1-3H3,(H,18,20). The number of nitro groups is 1. The number of thiophene rings is 1. The number of nitrogens with zero attached hydrogens (tertiary/aromatic N) is 1. The maximum Gasteiger partial charge on any atom is 0.299 e. The summed E-state index contributed by atoms with van der Waals surface area (Å²) >= 11 is 6.69. The van der Waals surface area contributed by atoms with Crippen LogP contribution in [0.15, 0.2) is 24.3 Å². The zero-order chi connectivity index (χ0) is 17.9. The van der Waals surface area contributed by atoms with Gasteiger partial charge in [-0.1, -0.05) is 29.3 Å². The Hall–Kier alpha value is -2.12. The van der Waals surface area contributed by atoms with Gasteiger partial charge in [0, 0.05) is 11.6 Å². The second-order valence-electron chi connectivity index (χ2n) is 5.20. The molecule has 128 valence electrons. The Labute approximate surface area is 148 Å². The van der Waals surface area contributed by atoms with E-state index in [0.717, 1.165) is 22.5 Å². The lowest BCUT2D eigenvalue weighted by Crippen LogP contribution is -2.26. The summed E-state index contributed by atoms with van der Waals surface area (Å²) in [5.74, 6) is 0.289. The van der Waals surface area contributed by atoms with E-state index in [9.17, 15) is 14.9 Å². The molecule has 6 nitrogen and oxygen atoms in total. The molecular formula is C16H17ClN2O4S. The molecule has 0 aliphatic rings. The zero-order valence-electron chi connectivity index (χ0n) is 13.5. The third kappa shape index (κ3) is 4.04. The second-order valence-corrected chi connectivity index (χ2v) is 6.85. The first kappa shape index (κ1) is 18.2. The summed E-state index contributed by atoms with van der Waals surface area (Å²) in [7, 11) is 0. The SMILES string of the molecule is CCOc1ccc(C)cc1C(C)NC(=O)c1cc([N+](=O)[O-])c(Cl)s1. The van der Waals surface area contributed by atoms with Gasteiger partial charge in [-0.3, -0.25) is 14.9 Å². The van der Waals surface area contributed by atoms with Crippen LogP contribution in [0.3, 0.4) is 0 Å². The summed E-state index contributed by atoms with van der Waals surface area (Å²) in [5, 5.41) is 13.7. The molecule has 1 amide bonds. The number of hydrogen-bond donors (Lipinski definition) is 1. The molecule has 1 atom stereocenters. The van der Waals surface area contributed by atoms with E-state index >= 15 is 0 Å². The molecule has 0 aliphatic carbocycles. The number of amides is 1. The first-order valence-corrected chi connectivity index (χ1v) is 8.50. The number of carbonyl (C=O) groups excluding carboxylic acids is 1. The van der Waals surface area contributed by atoms with Gasteiger partial charge >= 0.3 is 0 Å². The van der Waals surface area contributed by atoms with Crippen LogP contribution in [0.4, 0.5) is 5.69 Å². The summed E-state index contributed by atoms with van der Waals surface area (Å²) in [6, 6.07) is 6.61. The monoisotopic (exact) mass is 368 g/mol. The van der Waals surface area contributed by atoms with Crippen LogP contribution in [0.25, 0.3) is 0 Å². The van der Waals surface area contributed by atoms with Crippen molar-refractivity contribution in [3.8, 4) is 5.75 Å². The van der Waals surface area contributed by atoms with Gasteiger partial charge in [0.25, 0.3) is 11.6 Å². The lowest BCUT2D eigenvalue weighted by molar-refractivity contribution is -0.384. The van der Waals surface area contributed by atoms with Crippen molar-refractivity contribution in [2.45, 2.75) is 26.8 Å². The molecule has 0 radical (unpaired) electrons. The van der Waals surface area contributed by atoms with E-state index in [1.54, 1.807) is 0 Å². The smallest absolute Gasteiger partial charge is 0.299 e. The summed E-state index contributed by atoms with van der Waals surface area (Å²) in [6.07, 6.45) is 0. The highest BCUT2D eigenvalue weighted by Gasteiger charge is 2.23. The average molecular weight is 369 g/mol. The van der Waals surface area contributed by atoms with Gasteiger partial charge in [-0.05, 0) is 26.8 Å². The molecule has 0 saturated heterocycles. The van der Waals surface area contributed by atoms with Gasteiger partial charge in [0.1, 0.15) is 10.6 Å². The minimum atomic E-state index is -0.604. The molecule has 1 N–H and O–H groups in total. The fourth-order valence-electron chi connectivity index (χ4n) is 2.23. The quantitative estimate of drug-likeness (QED) is 0.600. The van der Waals surface area contributed by atoms with E-state index in [2.05, 4.69) is 5.32 Å². The van der Waals surface area contributed by atoms with Crippen LogP contribution in [0, 0.1) is 17.0 Å². The molecule has 0 aliphatic heterocycles. The minimum absolute atomic E-state index is 0.0108. The number of carbonyl (C=O) groups is 1. The predicted molar refractivity (Wildman–Crippen MR) is 94.2 cm³/mol. The largest absolute Gasteiger partial charge is 0.494 e. The van der Waals surface area contributed by atoms with E-state index in [-0.39, 0.29) is 20.9 Å². The molecule has 0 bridgehead atoms. The highest BCUT2D eigenvalue weighted by atomic mass is 35.5. The third-order valence-electron chi connectivity index (χ3n) is 3.37. The summed E-state index contributed by atoms with van der Waals surface area (Å²) in [5.41, 5.74) is 1.64. The number of benzene rings is 1. The van der Waals surface area contributed by atoms with E-state index in [1.165, 1.54) is 6.07 Å². The first-order chi connectivity index (χ1) is 11.3.